The predicted octanol–water partition coefficient (Wildman–Crippen LogP) is 3.24. The van der Waals surface area contributed by atoms with Crippen LogP contribution in [-0.2, 0) is 0 Å². The molecule has 2 aromatic rings. The van der Waals surface area contributed by atoms with E-state index < -0.39 is 28.8 Å². The highest BCUT2D eigenvalue weighted by atomic mass is 19.2. The molecule has 0 aliphatic heterocycles. The number of benzene rings is 1. The fourth-order valence-electron chi connectivity index (χ4n) is 1.47. The summed E-state index contributed by atoms with van der Waals surface area (Å²) in [6, 6.07) is 2.96. The number of furan rings is 1. The van der Waals surface area contributed by atoms with Gasteiger partial charge in [0.05, 0.1) is 17.4 Å². The summed E-state index contributed by atoms with van der Waals surface area (Å²) in [5.74, 6) is -4.93. The van der Waals surface area contributed by atoms with Crippen molar-refractivity contribution in [2.45, 2.75) is 6.92 Å². The highest BCUT2D eigenvalue weighted by Crippen LogP contribution is 2.20. The molecule has 0 aliphatic rings. The Kier molecular flexibility index (Phi) is 2.75. The molecule has 0 radical (unpaired) electrons. The third kappa shape index (κ3) is 1.84. The molecule has 0 unspecified atom stereocenters. The molecule has 0 fully saturated rings. The van der Waals surface area contributed by atoms with E-state index in [0.717, 1.165) is 6.07 Å². The molecule has 0 N–H and O–H groups in total. The Hall–Kier alpha value is -2.04. The largest absolute Gasteiger partial charge is 0.469 e. The molecule has 2 nitrogen and oxygen atoms in total. The van der Waals surface area contributed by atoms with Gasteiger partial charge < -0.3 is 4.42 Å². The summed E-state index contributed by atoms with van der Waals surface area (Å²) in [4.78, 5) is 11.8. The zero-order valence-electron chi connectivity index (χ0n) is 8.76. The maximum absolute atomic E-state index is 13.4. The van der Waals surface area contributed by atoms with Gasteiger partial charge in [0.2, 0.25) is 0 Å². The Bertz CT molecular complexity index is 587. The molecule has 0 saturated carbocycles. The molecule has 0 aliphatic carbocycles. The first-order chi connectivity index (χ1) is 8.02. The molecule has 88 valence electrons. The number of carbonyl (C=O) groups excluding carboxylic acids is 1. The van der Waals surface area contributed by atoms with Crippen LogP contribution in [0, 0.1) is 24.4 Å². The number of hydrogen-bond acceptors (Lipinski definition) is 2. The molecule has 0 bridgehead atoms. The van der Waals surface area contributed by atoms with E-state index in [1.165, 1.54) is 19.3 Å². The van der Waals surface area contributed by atoms with Gasteiger partial charge in [0.1, 0.15) is 5.76 Å². The van der Waals surface area contributed by atoms with Crippen molar-refractivity contribution in [2.24, 2.45) is 0 Å². The van der Waals surface area contributed by atoms with Crippen LogP contribution >= 0.6 is 0 Å². The summed E-state index contributed by atoms with van der Waals surface area (Å²) < 4.78 is 43.9. The van der Waals surface area contributed by atoms with Crippen molar-refractivity contribution in [3.05, 3.63) is 58.8 Å². The lowest BCUT2D eigenvalue weighted by atomic mass is 10.0. The molecule has 2 rings (SSSR count). The summed E-state index contributed by atoms with van der Waals surface area (Å²) in [6.07, 6.45) is 1.26. The minimum absolute atomic E-state index is 0.120. The van der Waals surface area contributed by atoms with Gasteiger partial charge in [0.25, 0.3) is 0 Å². The minimum atomic E-state index is -1.66. The fourth-order valence-corrected chi connectivity index (χ4v) is 1.47. The van der Waals surface area contributed by atoms with Crippen molar-refractivity contribution >= 4 is 5.78 Å². The van der Waals surface area contributed by atoms with Crippen molar-refractivity contribution in [3.8, 4) is 0 Å². The molecule has 0 saturated heterocycles. The van der Waals surface area contributed by atoms with Crippen LogP contribution in [0.1, 0.15) is 21.7 Å². The van der Waals surface area contributed by atoms with E-state index in [4.69, 9.17) is 4.42 Å². The number of rotatable bonds is 2. The first-order valence-electron chi connectivity index (χ1n) is 4.74. The fraction of sp³-hybridized carbons (Fsp3) is 0.0833. The maximum Gasteiger partial charge on any atom is 0.199 e. The number of halogens is 3. The van der Waals surface area contributed by atoms with Gasteiger partial charge in [-0.25, -0.2) is 13.2 Å². The van der Waals surface area contributed by atoms with Gasteiger partial charge in [0, 0.05) is 0 Å². The van der Waals surface area contributed by atoms with E-state index in [-0.39, 0.29) is 5.56 Å². The standard InChI is InChI=1S/C12H7F3O2/c1-6-7(4-5-17-6)12(16)8-2-3-9(13)11(15)10(8)14/h2-5H,1H3. The van der Waals surface area contributed by atoms with Crippen molar-refractivity contribution < 1.29 is 22.4 Å². The highest BCUT2D eigenvalue weighted by Gasteiger charge is 2.21. The Morgan fingerprint density at radius 2 is 1.76 bits per heavy atom. The van der Waals surface area contributed by atoms with Crippen LogP contribution in [0.4, 0.5) is 13.2 Å². The molecule has 17 heavy (non-hydrogen) atoms. The smallest absolute Gasteiger partial charge is 0.199 e. The molecule has 1 aromatic carbocycles. The molecule has 0 atom stereocenters. The average Bonchev–Trinajstić information content (AvgIpc) is 2.72. The van der Waals surface area contributed by atoms with Crippen LogP contribution in [0.2, 0.25) is 0 Å². The lowest BCUT2D eigenvalue weighted by molar-refractivity contribution is 0.103. The van der Waals surface area contributed by atoms with Crippen molar-refractivity contribution in [3.63, 3.8) is 0 Å². The first-order valence-corrected chi connectivity index (χ1v) is 4.74. The van der Waals surface area contributed by atoms with Crippen LogP contribution in [0.25, 0.3) is 0 Å². The predicted molar refractivity (Wildman–Crippen MR) is 53.2 cm³/mol. The van der Waals surface area contributed by atoms with Gasteiger partial charge in [-0.1, -0.05) is 0 Å². The van der Waals surface area contributed by atoms with Gasteiger partial charge in [0.15, 0.2) is 23.2 Å². The molecule has 1 aromatic heterocycles. The topological polar surface area (TPSA) is 30.2 Å². The average molecular weight is 240 g/mol. The lowest BCUT2D eigenvalue weighted by Gasteiger charge is -2.03. The summed E-state index contributed by atoms with van der Waals surface area (Å²) in [7, 11) is 0. The van der Waals surface area contributed by atoms with Gasteiger partial charge in [-0.2, -0.15) is 0 Å². The Labute approximate surface area is 94.7 Å². The third-order valence-corrected chi connectivity index (χ3v) is 2.38. The quantitative estimate of drug-likeness (QED) is 0.595. The van der Waals surface area contributed by atoms with E-state index in [1.807, 2.05) is 0 Å². The number of carbonyl (C=O) groups is 1. The Balaban J connectivity index is 2.53. The van der Waals surface area contributed by atoms with Gasteiger partial charge in [-0.3, -0.25) is 4.79 Å². The van der Waals surface area contributed by atoms with Crippen molar-refractivity contribution in [1.82, 2.24) is 0 Å². The second-order valence-electron chi connectivity index (χ2n) is 3.44. The molecule has 1 heterocycles. The number of ketones is 1. The Morgan fingerprint density at radius 1 is 1.06 bits per heavy atom. The van der Waals surface area contributed by atoms with E-state index in [2.05, 4.69) is 0 Å². The highest BCUT2D eigenvalue weighted by molar-refractivity contribution is 6.09. The van der Waals surface area contributed by atoms with Gasteiger partial charge in [-0.15, -0.1) is 0 Å². The van der Waals surface area contributed by atoms with E-state index in [1.54, 1.807) is 0 Å². The van der Waals surface area contributed by atoms with Crippen molar-refractivity contribution in [1.29, 1.82) is 0 Å². The maximum atomic E-state index is 13.4. The summed E-state index contributed by atoms with van der Waals surface area (Å²) >= 11 is 0. The lowest BCUT2D eigenvalue weighted by Crippen LogP contribution is -2.07. The third-order valence-electron chi connectivity index (χ3n) is 2.38. The second kappa shape index (κ2) is 4.08. The van der Waals surface area contributed by atoms with Crippen LogP contribution in [0.3, 0.4) is 0 Å². The van der Waals surface area contributed by atoms with E-state index in [0.29, 0.717) is 11.8 Å². The zero-order valence-corrected chi connectivity index (χ0v) is 8.76. The first kappa shape index (κ1) is 11.4. The molecule has 5 heteroatoms. The molecule has 0 spiro atoms. The number of hydrogen-bond donors (Lipinski definition) is 0. The summed E-state index contributed by atoms with van der Waals surface area (Å²) in [6.45, 7) is 1.52. The summed E-state index contributed by atoms with van der Waals surface area (Å²) in [5, 5.41) is 0. The van der Waals surface area contributed by atoms with Crippen LogP contribution < -0.4 is 0 Å². The van der Waals surface area contributed by atoms with Gasteiger partial charge in [-0.05, 0) is 25.1 Å². The summed E-state index contributed by atoms with van der Waals surface area (Å²) in [5.41, 5.74) is -0.400. The minimum Gasteiger partial charge on any atom is -0.469 e. The SMILES string of the molecule is Cc1occc1C(=O)c1ccc(F)c(F)c1F. The Morgan fingerprint density at radius 3 is 2.35 bits per heavy atom. The second-order valence-corrected chi connectivity index (χ2v) is 3.44. The molecular formula is C12H7F3O2. The number of aryl methyl sites for hydroxylation is 1. The van der Waals surface area contributed by atoms with Crippen LogP contribution in [0.15, 0.2) is 28.9 Å². The monoisotopic (exact) mass is 240 g/mol. The van der Waals surface area contributed by atoms with Gasteiger partial charge >= 0.3 is 0 Å². The van der Waals surface area contributed by atoms with E-state index in [9.17, 15) is 18.0 Å². The van der Waals surface area contributed by atoms with Crippen molar-refractivity contribution in [2.75, 3.05) is 0 Å². The molecule has 0 amide bonds. The molecular weight excluding hydrogens is 233 g/mol. The van der Waals surface area contributed by atoms with Crippen LogP contribution in [-0.4, -0.2) is 5.78 Å². The normalized spacial score (nSPS) is 10.6. The zero-order chi connectivity index (χ0) is 12.6. The van der Waals surface area contributed by atoms with Crippen LogP contribution in [0.5, 0.6) is 0 Å². The van der Waals surface area contributed by atoms with E-state index >= 15 is 0 Å².